The molecule has 1 aromatic rings. The molecule has 3 aliphatic rings. The van der Waals surface area contributed by atoms with Gasteiger partial charge in [0.15, 0.2) is 11.5 Å². The Kier molecular flexibility index (Phi) is 3.98. The molecule has 0 spiro atoms. The molecule has 3 aliphatic heterocycles. The number of aryl methyl sites for hydroxylation is 1. The number of H-pyrrole nitrogens is 1. The number of hydrogen-bond donors (Lipinski definition) is 4. The standard InChI is InChI=1S/C17H18N4O6/c1-6-3-8-12-14(7(6)2)27-10(13(24)9(23)5-22)4-21(12)15-11(18-8)16(25)20-17(26)19-15/h3,9-10,13,22-24H,4-5H2,1-2H3,(H,20,25,26). The van der Waals surface area contributed by atoms with E-state index >= 15 is 0 Å². The first-order chi connectivity index (χ1) is 12.8. The molecule has 0 bridgehead atoms. The fourth-order valence-corrected chi connectivity index (χ4v) is 3.38. The van der Waals surface area contributed by atoms with E-state index in [0.717, 1.165) is 11.1 Å². The van der Waals surface area contributed by atoms with E-state index in [4.69, 9.17) is 9.84 Å². The molecule has 142 valence electrons. The predicted octanol–water partition coefficient (Wildman–Crippen LogP) is -1.32. The van der Waals surface area contributed by atoms with Gasteiger partial charge in [-0.3, -0.25) is 9.78 Å². The molecule has 10 heteroatoms. The maximum absolute atomic E-state index is 12.2. The summed E-state index contributed by atoms with van der Waals surface area (Å²) in [7, 11) is 0. The van der Waals surface area contributed by atoms with Gasteiger partial charge in [-0.2, -0.15) is 4.98 Å². The minimum absolute atomic E-state index is 0.00542. The molecule has 3 unspecified atom stereocenters. The summed E-state index contributed by atoms with van der Waals surface area (Å²) in [5.74, 6) is 0.495. The number of aromatic amines is 1. The van der Waals surface area contributed by atoms with Crippen molar-refractivity contribution in [1.82, 2.24) is 19.5 Å². The molecule has 4 rings (SSSR count). The summed E-state index contributed by atoms with van der Waals surface area (Å²) >= 11 is 0. The number of nitrogens with zero attached hydrogens (tertiary/aromatic N) is 3. The van der Waals surface area contributed by atoms with Gasteiger partial charge in [0, 0.05) is 0 Å². The molecule has 0 radical (unpaired) electrons. The van der Waals surface area contributed by atoms with Gasteiger partial charge in [-0.15, -0.1) is 0 Å². The molecule has 0 saturated heterocycles. The summed E-state index contributed by atoms with van der Waals surface area (Å²) < 4.78 is 7.53. The van der Waals surface area contributed by atoms with Gasteiger partial charge in [0.1, 0.15) is 29.6 Å². The van der Waals surface area contributed by atoms with Crippen LogP contribution < -0.4 is 16.0 Å². The van der Waals surface area contributed by atoms with Crippen molar-refractivity contribution in [2.24, 2.45) is 0 Å². The van der Waals surface area contributed by atoms with Gasteiger partial charge < -0.3 is 24.6 Å². The first kappa shape index (κ1) is 17.6. The largest absolute Gasteiger partial charge is 0.483 e. The van der Waals surface area contributed by atoms with Crippen LogP contribution in [0.15, 0.2) is 15.7 Å². The van der Waals surface area contributed by atoms with E-state index in [1.165, 1.54) is 0 Å². The van der Waals surface area contributed by atoms with Crippen LogP contribution >= 0.6 is 0 Å². The third-order valence-electron chi connectivity index (χ3n) is 4.95. The van der Waals surface area contributed by atoms with Gasteiger partial charge in [-0.05, 0) is 31.0 Å². The number of benzene rings is 1. The van der Waals surface area contributed by atoms with E-state index in [1.54, 1.807) is 10.6 Å². The predicted molar refractivity (Wildman–Crippen MR) is 94.0 cm³/mol. The molecule has 1 aromatic carbocycles. The highest BCUT2D eigenvalue weighted by molar-refractivity contribution is 5.87. The Balaban J connectivity index is 2.06. The summed E-state index contributed by atoms with van der Waals surface area (Å²) in [6, 6.07) is 1.80. The fourth-order valence-electron chi connectivity index (χ4n) is 3.38. The first-order valence-electron chi connectivity index (χ1n) is 8.40. The third-order valence-corrected chi connectivity index (χ3v) is 4.95. The van der Waals surface area contributed by atoms with Crippen LogP contribution in [-0.2, 0) is 6.54 Å². The van der Waals surface area contributed by atoms with Gasteiger partial charge in [0.05, 0.1) is 18.7 Å². The number of hydrogen-bond acceptors (Lipinski definition) is 8. The quantitative estimate of drug-likeness (QED) is 0.412. The Bertz CT molecular complexity index is 1140. The number of aliphatic hydroxyl groups is 3. The van der Waals surface area contributed by atoms with Crippen LogP contribution in [0, 0.1) is 13.8 Å². The van der Waals surface area contributed by atoms with Crippen molar-refractivity contribution in [1.29, 1.82) is 0 Å². The second-order valence-corrected chi connectivity index (χ2v) is 6.68. The number of aliphatic hydroxyl groups excluding tert-OH is 3. The normalized spacial score (nSPS) is 18.5. The van der Waals surface area contributed by atoms with Gasteiger partial charge in [0.25, 0.3) is 5.56 Å². The summed E-state index contributed by atoms with van der Waals surface area (Å²) in [5, 5.41) is 29.3. The maximum atomic E-state index is 12.2. The third kappa shape index (κ3) is 2.60. The van der Waals surface area contributed by atoms with Crippen LogP contribution in [-0.4, -0.2) is 59.8 Å². The van der Waals surface area contributed by atoms with E-state index in [9.17, 15) is 19.8 Å². The van der Waals surface area contributed by atoms with Crippen molar-refractivity contribution < 1.29 is 20.1 Å². The summed E-state index contributed by atoms with van der Waals surface area (Å²) in [4.78, 5) is 34.3. The first-order valence-corrected chi connectivity index (χ1v) is 8.40. The Morgan fingerprint density at radius 3 is 2.78 bits per heavy atom. The fraction of sp³-hybridized carbons (Fsp3) is 0.412. The number of aromatic nitrogens is 4. The lowest BCUT2D eigenvalue weighted by atomic mass is 10.0. The molecular formula is C17H18N4O6. The monoisotopic (exact) mass is 374 g/mol. The molecule has 0 saturated carbocycles. The molecule has 3 atom stereocenters. The lowest BCUT2D eigenvalue weighted by Crippen LogP contribution is -2.47. The van der Waals surface area contributed by atoms with Crippen LogP contribution in [0.5, 0.6) is 5.75 Å². The van der Waals surface area contributed by atoms with Crippen LogP contribution in [0.2, 0.25) is 0 Å². The Morgan fingerprint density at radius 2 is 2.07 bits per heavy atom. The zero-order chi connectivity index (χ0) is 19.5. The average molecular weight is 374 g/mol. The lowest BCUT2D eigenvalue weighted by Gasteiger charge is -2.34. The molecule has 3 heterocycles. The Labute approximate surface area is 152 Å². The van der Waals surface area contributed by atoms with Crippen molar-refractivity contribution in [2.75, 3.05) is 6.61 Å². The van der Waals surface area contributed by atoms with E-state index < -0.39 is 36.2 Å². The lowest BCUT2D eigenvalue weighted by molar-refractivity contribution is -0.0738. The molecule has 0 aliphatic carbocycles. The molecule has 10 nitrogen and oxygen atoms in total. The van der Waals surface area contributed by atoms with Gasteiger partial charge in [-0.1, -0.05) is 0 Å². The number of nitrogens with one attached hydrogen (secondary N) is 1. The summed E-state index contributed by atoms with van der Waals surface area (Å²) in [5.41, 5.74) is 1.22. The Hall–Kier alpha value is -2.82. The molecule has 27 heavy (non-hydrogen) atoms. The van der Waals surface area contributed by atoms with Gasteiger partial charge >= 0.3 is 5.69 Å². The molecule has 4 N–H and O–H groups in total. The van der Waals surface area contributed by atoms with Crippen molar-refractivity contribution in [2.45, 2.75) is 38.7 Å². The van der Waals surface area contributed by atoms with Gasteiger partial charge in [0.2, 0.25) is 0 Å². The van der Waals surface area contributed by atoms with E-state index in [2.05, 4.69) is 15.0 Å². The van der Waals surface area contributed by atoms with Crippen LogP contribution in [0.3, 0.4) is 0 Å². The highest BCUT2D eigenvalue weighted by Crippen LogP contribution is 2.38. The number of fused-ring (bicyclic) bond motifs is 2. The molecular weight excluding hydrogens is 356 g/mol. The Morgan fingerprint density at radius 1 is 1.33 bits per heavy atom. The average Bonchev–Trinajstić information content (AvgIpc) is 2.65. The van der Waals surface area contributed by atoms with E-state index in [1.807, 2.05) is 13.8 Å². The highest BCUT2D eigenvalue weighted by atomic mass is 16.5. The maximum Gasteiger partial charge on any atom is 0.349 e. The van der Waals surface area contributed by atoms with Crippen LogP contribution in [0.25, 0.3) is 22.6 Å². The van der Waals surface area contributed by atoms with E-state index in [-0.39, 0.29) is 18.1 Å². The van der Waals surface area contributed by atoms with Crippen LogP contribution in [0.4, 0.5) is 0 Å². The topological polar surface area (TPSA) is 151 Å². The van der Waals surface area contributed by atoms with Gasteiger partial charge in [-0.25, -0.2) is 9.78 Å². The molecule has 0 amide bonds. The van der Waals surface area contributed by atoms with Crippen molar-refractivity contribution in [3.8, 4) is 17.3 Å². The highest BCUT2D eigenvalue weighted by Gasteiger charge is 2.35. The van der Waals surface area contributed by atoms with E-state index in [0.29, 0.717) is 16.8 Å². The van der Waals surface area contributed by atoms with Crippen molar-refractivity contribution in [3.05, 3.63) is 38.0 Å². The van der Waals surface area contributed by atoms with Crippen LogP contribution in [0.1, 0.15) is 11.1 Å². The smallest absolute Gasteiger partial charge is 0.349 e. The molecule has 0 aromatic heterocycles. The number of ether oxygens (including phenoxy) is 1. The second-order valence-electron chi connectivity index (χ2n) is 6.68. The van der Waals surface area contributed by atoms with Crippen molar-refractivity contribution in [3.63, 3.8) is 0 Å². The number of rotatable bonds is 3. The second kappa shape index (κ2) is 6.12. The minimum Gasteiger partial charge on any atom is -0.483 e. The molecule has 0 fully saturated rings. The zero-order valence-corrected chi connectivity index (χ0v) is 14.6. The minimum atomic E-state index is -1.41. The van der Waals surface area contributed by atoms with Crippen molar-refractivity contribution >= 4 is 11.0 Å². The summed E-state index contributed by atoms with van der Waals surface area (Å²) in [6.45, 7) is 3.07. The summed E-state index contributed by atoms with van der Waals surface area (Å²) in [6.07, 6.45) is -3.71. The SMILES string of the molecule is Cc1cc2nc3c(=O)[nH]c(=O)nc-3n3c2c(c1C)OC(C(O)C(O)CO)C3. The zero-order valence-electron chi connectivity index (χ0n) is 14.6.